The van der Waals surface area contributed by atoms with Gasteiger partial charge in [0.05, 0.1) is 19.1 Å². The van der Waals surface area contributed by atoms with E-state index >= 15 is 0 Å². The Bertz CT molecular complexity index is 309. The number of ether oxygens (including phenoxy) is 1. The molecule has 4 nitrogen and oxygen atoms in total. The van der Waals surface area contributed by atoms with Gasteiger partial charge in [-0.1, -0.05) is 26.7 Å². The summed E-state index contributed by atoms with van der Waals surface area (Å²) in [6, 6.07) is 0.569. The Balaban J connectivity index is 1.80. The van der Waals surface area contributed by atoms with Crippen molar-refractivity contribution in [3.05, 3.63) is 0 Å². The van der Waals surface area contributed by atoms with Crippen LogP contribution < -0.4 is 10.6 Å². The Kier molecular flexibility index (Phi) is 6.30. The van der Waals surface area contributed by atoms with Crippen LogP contribution in [0.5, 0.6) is 0 Å². The van der Waals surface area contributed by atoms with E-state index in [1.807, 2.05) is 0 Å². The molecule has 4 atom stereocenters. The van der Waals surface area contributed by atoms with Crippen LogP contribution in [-0.4, -0.2) is 37.7 Å². The molecule has 1 aliphatic carbocycles. The molecule has 2 fully saturated rings. The minimum atomic E-state index is -0.0118. The molecule has 1 saturated carbocycles. The summed E-state index contributed by atoms with van der Waals surface area (Å²) in [5.41, 5.74) is 0. The van der Waals surface area contributed by atoms with Crippen molar-refractivity contribution in [2.45, 2.75) is 64.5 Å². The summed E-state index contributed by atoms with van der Waals surface area (Å²) in [5.74, 6) is 0.989. The van der Waals surface area contributed by atoms with E-state index in [0.717, 1.165) is 31.7 Å². The van der Waals surface area contributed by atoms with E-state index in [2.05, 4.69) is 24.5 Å². The van der Waals surface area contributed by atoms with Crippen molar-refractivity contribution >= 4 is 5.91 Å². The van der Waals surface area contributed by atoms with E-state index in [1.54, 1.807) is 0 Å². The summed E-state index contributed by atoms with van der Waals surface area (Å²) in [5, 5.41) is 6.70. The predicted octanol–water partition coefficient (Wildman–Crippen LogP) is 2.09. The highest BCUT2D eigenvalue weighted by molar-refractivity contribution is 5.80. The lowest BCUT2D eigenvalue weighted by atomic mass is 10.0. The normalized spacial score (nSPS) is 34.7. The molecular weight excluding hydrogens is 252 g/mol. The Morgan fingerprint density at radius 3 is 2.85 bits per heavy atom. The summed E-state index contributed by atoms with van der Waals surface area (Å²) < 4.78 is 5.50. The van der Waals surface area contributed by atoms with Gasteiger partial charge in [0.1, 0.15) is 0 Å². The molecule has 4 unspecified atom stereocenters. The van der Waals surface area contributed by atoms with Crippen LogP contribution in [0, 0.1) is 11.8 Å². The highest BCUT2D eigenvalue weighted by Gasteiger charge is 2.34. The maximum atomic E-state index is 12.4. The topological polar surface area (TPSA) is 50.4 Å². The molecule has 0 aromatic carbocycles. The first kappa shape index (κ1) is 15.8. The van der Waals surface area contributed by atoms with Gasteiger partial charge in [-0.15, -0.1) is 0 Å². The molecule has 0 aromatic rings. The van der Waals surface area contributed by atoms with Crippen molar-refractivity contribution in [2.75, 3.05) is 19.8 Å². The third kappa shape index (κ3) is 4.45. The smallest absolute Gasteiger partial charge is 0.227 e. The third-order valence-corrected chi connectivity index (χ3v) is 4.68. The minimum Gasteiger partial charge on any atom is -0.379 e. The summed E-state index contributed by atoms with van der Waals surface area (Å²) >= 11 is 0. The van der Waals surface area contributed by atoms with Crippen LogP contribution in [0.3, 0.4) is 0 Å². The first-order chi connectivity index (χ1) is 9.70. The van der Waals surface area contributed by atoms with Crippen molar-refractivity contribution in [3.8, 4) is 0 Å². The molecule has 116 valence electrons. The van der Waals surface area contributed by atoms with Crippen molar-refractivity contribution in [2.24, 2.45) is 11.8 Å². The van der Waals surface area contributed by atoms with Crippen molar-refractivity contribution in [1.29, 1.82) is 0 Å². The predicted molar refractivity (Wildman–Crippen MR) is 80.6 cm³/mol. The van der Waals surface area contributed by atoms with Gasteiger partial charge in [-0.25, -0.2) is 0 Å². The van der Waals surface area contributed by atoms with Crippen molar-refractivity contribution in [1.82, 2.24) is 10.6 Å². The molecule has 2 rings (SSSR count). The molecule has 20 heavy (non-hydrogen) atoms. The fourth-order valence-electron chi connectivity index (χ4n) is 3.28. The second kappa shape index (κ2) is 7.99. The minimum absolute atomic E-state index is 0.0118. The molecule has 2 N–H and O–H groups in total. The highest BCUT2D eigenvalue weighted by Crippen LogP contribution is 2.23. The van der Waals surface area contributed by atoms with Crippen LogP contribution in [-0.2, 0) is 9.53 Å². The molecule has 0 aromatic heterocycles. The summed E-state index contributed by atoms with van der Waals surface area (Å²) in [6.07, 6.45) is 7.14. The monoisotopic (exact) mass is 282 g/mol. The third-order valence-electron chi connectivity index (χ3n) is 4.68. The molecule has 1 saturated heterocycles. The van der Waals surface area contributed by atoms with E-state index in [4.69, 9.17) is 4.74 Å². The Morgan fingerprint density at radius 1 is 1.20 bits per heavy atom. The van der Waals surface area contributed by atoms with Gasteiger partial charge in [-0.3, -0.25) is 4.79 Å². The van der Waals surface area contributed by atoms with Crippen LogP contribution in [0.1, 0.15) is 52.4 Å². The van der Waals surface area contributed by atoms with Gasteiger partial charge < -0.3 is 15.4 Å². The molecule has 0 bridgehead atoms. The molecule has 1 aliphatic heterocycles. The van der Waals surface area contributed by atoms with Crippen LogP contribution in [0.4, 0.5) is 0 Å². The SMILES string of the molecule is CCCNC1COCC1C(=O)NC1CCCC(C)CC1. The Hall–Kier alpha value is -0.610. The first-order valence-corrected chi connectivity index (χ1v) is 8.32. The quantitative estimate of drug-likeness (QED) is 0.759. The lowest BCUT2D eigenvalue weighted by Gasteiger charge is -2.22. The fraction of sp³-hybridized carbons (Fsp3) is 0.938. The molecule has 2 aliphatic rings. The molecule has 4 heteroatoms. The van der Waals surface area contributed by atoms with Crippen LogP contribution in [0.15, 0.2) is 0 Å². The number of nitrogens with one attached hydrogen (secondary N) is 2. The average Bonchev–Trinajstić information content (AvgIpc) is 2.81. The van der Waals surface area contributed by atoms with Gasteiger partial charge in [-0.05, 0) is 38.1 Å². The molecular formula is C16H30N2O2. The molecule has 1 heterocycles. The Morgan fingerprint density at radius 2 is 2.05 bits per heavy atom. The second-order valence-electron chi connectivity index (χ2n) is 6.52. The first-order valence-electron chi connectivity index (χ1n) is 8.32. The number of rotatable bonds is 5. The van der Waals surface area contributed by atoms with Gasteiger partial charge in [-0.2, -0.15) is 0 Å². The number of carbonyl (C=O) groups excluding carboxylic acids is 1. The average molecular weight is 282 g/mol. The largest absolute Gasteiger partial charge is 0.379 e. The number of amides is 1. The van der Waals surface area contributed by atoms with Gasteiger partial charge in [0.25, 0.3) is 0 Å². The van der Waals surface area contributed by atoms with E-state index in [0.29, 0.717) is 19.3 Å². The zero-order valence-electron chi connectivity index (χ0n) is 13.0. The second-order valence-corrected chi connectivity index (χ2v) is 6.52. The fourth-order valence-corrected chi connectivity index (χ4v) is 3.28. The maximum Gasteiger partial charge on any atom is 0.227 e. The van der Waals surface area contributed by atoms with Crippen LogP contribution >= 0.6 is 0 Å². The number of hydrogen-bond donors (Lipinski definition) is 2. The lowest BCUT2D eigenvalue weighted by Crippen LogP contribution is -2.47. The summed E-state index contributed by atoms with van der Waals surface area (Å²) in [7, 11) is 0. The summed E-state index contributed by atoms with van der Waals surface area (Å²) in [4.78, 5) is 12.4. The maximum absolute atomic E-state index is 12.4. The van der Waals surface area contributed by atoms with Gasteiger partial charge >= 0.3 is 0 Å². The highest BCUT2D eigenvalue weighted by atomic mass is 16.5. The van der Waals surface area contributed by atoms with E-state index in [-0.39, 0.29) is 17.9 Å². The van der Waals surface area contributed by atoms with Crippen molar-refractivity contribution < 1.29 is 9.53 Å². The zero-order chi connectivity index (χ0) is 14.4. The van der Waals surface area contributed by atoms with E-state index in [9.17, 15) is 4.79 Å². The van der Waals surface area contributed by atoms with Gasteiger partial charge in [0.15, 0.2) is 0 Å². The molecule has 1 amide bonds. The van der Waals surface area contributed by atoms with Crippen LogP contribution in [0.2, 0.25) is 0 Å². The standard InChI is InChI=1S/C16H30N2O2/c1-3-9-17-15-11-20-10-14(15)16(19)18-13-6-4-5-12(2)7-8-13/h12-15,17H,3-11H2,1-2H3,(H,18,19). The van der Waals surface area contributed by atoms with E-state index < -0.39 is 0 Å². The summed E-state index contributed by atoms with van der Waals surface area (Å²) in [6.45, 7) is 6.65. The van der Waals surface area contributed by atoms with Crippen LogP contribution in [0.25, 0.3) is 0 Å². The van der Waals surface area contributed by atoms with E-state index in [1.165, 1.54) is 19.3 Å². The Labute approximate surface area is 123 Å². The van der Waals surface area contributed by atoms with Crippen molar-refractivity contribution in [3.63, 3.8) is 0 Å². The zero-order valence-corrected chi connectivity index (χ0v) is 13.0. The molecule has 0 spiro atoms. The number of hydrogen-bond acceptors (Lipinski definition) is 3. The van der Waals surface area contributed by atoms with Gasteiger partial charge in [0, 0.05) is 12.1 Å². The number of carbonyl (C=O) groups is 1. The lowest BCUT2D eigenvalue weighted by molar-refractivity contribution is -0.126. The van der Waals surface area contributed by atoms with Gasteiger partial charge in [0.2, 0.25) is 5.91 Å². The molecule has 0 radical (unpaired) electrons.